The van der Waals surface area contributed by atoms with Crippen LogP contribution >= 0.6 is 0 Å². The fourth-order valence-corrected chi connectivity index (χ4v) is 3.26. The third-order valence-corrected chi connectivity index (χ3v) is 4.43. The van der Waals surface area contributed by atoms with Crippen molar-refractivity contribution in [2.24, 2.45) is 12.8 Å². The maximum Gasteiger partial charge on any atom is 0.165 e. The van der Waals surface area contributed by atoms with Crippen molar-refractivity contribution in [1.29, 1.82) is 0 Å². The summed E-state index contributed by atoms with van der Waals surface area (Å²) in [6, 6.07) is 2.20. The minimum absolute atomic E-state index is 0.270. The van der Waals surface area contributed by atoms with Crippen LogP contribution in [0.5, 0.6) is 0 Å². The summed E-state index contributed by atoms with van der Waals surface area (Å²) in [5.41, 5.74) is 15.9. The normalized spacial score (nSPS) is 21.7. The minimum Gasteiger partial charge on any atom is -0.384 e. The number of fused-ring (bicyclic) bond motifs is 1. The number of hydrogen-bond acceptors (Lipinski definition) is 5. The van der Waals surface area contributed by atoms with Crippen molar-refractivity contribution in [3.63, 3.8) is 0 Å². The largest absolute Gasteiger partial charge is 0.384 e. The molecule has 0 amide bonds. The van der Waals surface area contributed by atoms with Gasteiger partial charge >= 0.3 is 0 Å². The molecule has 7 nitrogen and oxygen atoms in total. The van der Waals surface area contributed by atoms with Gasteiger partial charge in [0.2, 0.25) is 0 Å². The number of nitrogens with zero attached hydrogens (tertiary/aromatic N) is 5. The molecule has 0 saturated heterocycles. The lowest BCUT2D eigenvalue weighted by molar-refractivity contribution is 0.661. The summed E-state index contributed by atoms with van der Waals surface area (Å²) in [6.07, 6.45) is 8.64. The van der Waals surface area contributed by atoms with E-state index in [1.807, 2.05) is 25.5 Å². The molecule has 1 saturated carbocycles. The average molecular weight is 297 g/mol. The number of hydrogen-bond donors (Lipinski definition) is 2. The SMILES string of the molecule is Cn1cc(-c2cnn3c(N)cc(C4CC[C@@H](N)C4)nc23)cn1. The minimum atomic E-state index is 0.270. The Hall–Kier alpha value is -2.41. The third kappa shape index (κ3) is 2.05. The molecule has 4 N–H and O–H groups in total. The highest BCUT2D eigenvalue weighted by Crippen LogP contribution is 2.34. The molecule has 0 bridgehead atoms. The van der Waals surface area contributed by atoms with Crippen molar-refractivity contribution >= 4 is 11.5 Å². The predicted octanol–water partition coefficient (Wildman–Crippen LogP) is 1.31. The van der Waals surface area contributed by atoms with Crippen LogP contribution in [0.1, 0.15) is 30.9 Å². The van der Waals surface area contributed by atoms with Crippen LogP contribution in [0.3, 0.4) is 0 Å². The van der Waals surface area contributed by atoms with E-state index in [9.17, 15) is 0 Å². The molecule has 3 heterocycles. The van der Waals surface area contributed by atoms with Gasteiger partial charge in [0, 0.05) is 48.1 Å². The number of rotatable bonds is 2. The maximum absolute atomic E-state index is 6.16. The van der Waals surface area contributed by atoms with Crippen LogP contribution in [0.15, 0.2) is 24.7 Å². The molecular weight excluding hydrogens is 278 g/mol. The molecule has 0 aliphatic heterocycles. The van der Waals surface area contributed by atoms with Crippen molar-refractivity contribution in [3.8, 4) is 11.1 Å². The van der Waals surface area contributed by atoms with Crippen LogP contribution in [0, 0.1) is 0 Å². The van der Waals surface area contributed by atoms with Crippen molar-refractivity contribution in [2.45, 2.75) is 31.2 Å². The fraction of sp³-hybridized carbons (Fsp3) is 0.400. The van der Waals surface area contributed by atoms with Crippen molar-refractivity contribution in [3.05, 3.63) is 30.4 Å². The van der Waals surface area contributed by atoms with Gasteiger partial charge in [-0.05, 0) is 19.3 Å². The first-order valence-electron chi connectivity index (χ1n) is 7.50. The van der Waals surface area contributed by atoms with E-state index in [4.69, 9.17) is 16.5 Å². The third-order valence-electron chi connectivity index (χ3n) is 4.43. The van der Waals surface area contributed by atoms with Gasteiger partial charge in [0.25, 0.3) is 0 Å². The first-order valence-corrected chi connectivity index (χ1v) is 7.50. The lowest BCUT2D eigenvalue weighted by Crippen LogP contribution is -2.15. The topological polar surface area (TPSA) is 100 Å². The predicted molar refractivity (Wildman–Crippen MR) is 84.2 cm³/mol. The Kier molecular flexibility index (Phi) is 2.90. The standard InChI is InChI=1S/C15H19N7/c1-21-8-10(6-18-21)12-7-19-22-14(17)5-13(20-15(12)22)9-2-3-11(16)4-9/h5-9,11H,2-4,16-17H2,1H3/t9?,11-/m1/s1. The second-order valence-electron chi connectivity index (χ2n) is 6.07. The molecular formula is C15H19N7. The van der Waals surface area contributed by atoms with Gasteiger partial charge in [0.1, 0.15) is 5.82 Å². The number of aryl methyl sites for hydroxylation is 1. The van der Waals surface area contributed by atoms with Crippen molar-refractivity contribution < 1.29 is 0 Å². The van der Waals surface area contributed by atoms with Gasteiger partial charge in [-0.2, -0.15) is 14.7 Å². The van der Waals surface area contributed by atoms with Crippen molar-refractivity contribution in [1.82, 2.24) is 24.4 Å². The molecule has 1 unspecified atom stereocenters. The van der Waals surface area contributed by atoms with E-state index in [0.717, 1.165) is 41.7 Å². The Bertz CT molecular complexity index is 832. The van der Waals surface area contributed by atoms with Crippen LogP contribution in [0.2, 0.25) is 0 Å². The Balaban J connectivity index is 1.85. The molecule has 114 valence electrons. The lowest BCUT2D eigenvalue weighted by Gasteiger charge is -2.11. The second kappa shape index (κ2) is 4.81. The Labute approximate surface area is 127 Å². The smallest absolute Gasteiger partial charge is 0.165 e. The molecule has 7 heteroatoms. The monoisotopic (exact) mass is 297 g/mol. The van der Waals surface area contributed by atoms with Crippen LogP contribution in [0.25, 0.3) is 16.8 Å². The van der Waals surface area contributed by atoms with Gasteiger partial charge in [0.05, 0.1) is 12.4 Å². The highest BCUT2D eigenvalue weighted by Gasteiger charge is 2.25. The number of nitrogens with two attached hydrogens (primary N) is 2. The summed E-state index contributed by atoms with van der Waals surface area (Å²) >= 11 is 0. The van der Waals surface area contributed by atoms with Crippen LogP contribution < -0.4 is 11.5 Å². The van der Waals surface area contributed by atoms with Gasteiger partial charge in [-0.1, -0.05) is 0 Å². The zero-order valence-corrected chi connectivity index (χ0v) is 12.5. The summed E-state index contributed by atoms with van der Waals surface area (Å²) < 4.78 is 3.45. The van der Waals surface area contributed by atoms with Crippen LogP contribution in [-0.2, 0) is 7.05 Å². The van der Waals surface area contributed by atoms with E-state index in [2.05, 4.69) is 10.2 Å². The molecule has 2 atom stereocenters. The molecule has 1 aliphatic carbocycles. The zero-order valence-electron chi connectivity index (χ0n) is 12.5. The lowest BCUT2D eigenvalue weighted by atomic mass is 10.0. The van der Waals surface area contributed by atoms with Gasteiger partial charge in [0.15, 0.2) is 5.65 Å². The molecule has 22 heavy (non-hydrogen) atoms. The van der Waals surface area contributed by atoms with E-state index in [1.165, 1.54) is 0 Å². The van der Waals surface area contributed by atoms with Gasteiger partial charge < -0.3 is 11.5 Å². The zero-order chi connectivity index (χ0) is 15.3. The molecule has 1 aliphatic rings. The van der Waals surface area contributed by atoms with Gasteiger partial charge in [-0.3, -0.25) is 4.68 Å². The quantitative estimate of drug-likeness (QED) is 0.742. The molecule has 3 aromatic heterocycles. The van der Waals surface area contributed by atoms with Crippen LogP contribution in [0.4, 0.5) is 5.82 Å². The first kappa shape index (κ1) is 13.3. The van der Waals surface area contributed by atoms with E-state index in [-0.39, 0.29) is 6.04 Å². The van der Waals surface area contributed by atoms with E-state index in [1.54, 1.807) is 15.4 Å². The fourth-order valence-electron chi connectivity index (χ4n) is 3.26. The molecule has 0 spiro atoms. The molecule has 0 radical (unpaired) electrons. The Morgan fingerprint density at radius 2 is 2.09 bits per heavy atom. The molecule has 4 rings (SSSR count). The molecule has 1 fully saturated rings. The second-order valence-corrected chi connectivity index (χ2v) is 6.07. The number of nitrogen functional groups attached to an aromatic ring is 1. The first-order chi connectivity index (χ1) is 10.6. The summed E-state index contributed by atoms with van der Waals surface area (Å²) in [7, 11) is 1.89. The summed E-state index contributed by atoms with van der Waals surface area (Å²) in [5, 5.41) is 8.57. The summed E-state index contributed by atoms with van der Waals surface area (Å²) in [4.78, 5) is 4.83. The number of aromatic nitrogens is 5. The van der Waals surface area contributed by atoms with Gasteiger partial charge in [-0.15, -0.1) is 0 Å². The highest BCUT2D eigenvalue weighted by molar-refractivity contribution is 5.77. The van der Waals surface area contributed by atoms with Gasteiger partial charge in [-0.25, -0.2) is 4.98 Å². The molecule has 3 aromatic rings. The van der Waals surface area contributed by atoms with E-state index in [0.29, 0.717) is 11.7 Å². The van der Waals surface area contributed by atoms with E-state index >= 15 is 0 Å². The molecule has 0 aromatic carbocycles. The number of anilines is 1. The Morgan fingerprint density at radius 3 is 2.77 bits per heavy atom. The van der Waals surface area contributed by atoms with Crippen molar-refractivity contribution in [2.75, 3.05) is 5.73 Å². The maximum atomic E-state index is 6.16. The highest BCUT2D eigenvalue weighted by atomic mass is 15.3. The average Bonchev–Trinajstić information content (AvgIpc) is 3.18. The summed E-state index contributed by atoms with van der Waals surface area (Å²) in [5.74, 6) is 0.995. The Morgan fingerprint density at radius 1 is 1.23 bits per heavy atom. The van der Waals surface area contributed by atoms with E-state index < -0.39 is 0 Å². The van der Waals surface area contributed by atoms with Crippen LogP contribution in [-0.4, -0.2) is 30.4 Å². The summed E-state index contributed by atoms with van der Waals surface area (Å²) in [6.45, 7) is 0.